The molecule has 0 unspecified atom stereocenters. The Balaban J connectivity index is 3.12. The van der Waals surface area contributed by atoms with Crippen LogP contribution in [0.25, 0.3) is 0 Å². The largest absolute Gasteiger partial charge is 0.496 e. The Morgan fingerprint density at radius 2 is 1.89 bits per heavy atom. The summed E-state index contributed by atoms with van der Waals surface area (Å²) in [7, 11) is 1.68. The van der Waals surface area contributed by atoms with Crippen LogP contribution < -0.4 is 10.1 Å². The molecule has 1 aromatic rings. The molecule has 0 aliphatic heterocycles. The van der Waals surface area contributed by atoms with Crippen molar-refractivity contribution >= 4 is 33.8 Å². The molecule has 18 heavy (non-hydrogen) atoms. The number of halogens is 1. The highest BCUT2D eigenvalue weighted by molar-refractivity contribution is 9.10. The Hall–Kier alpha value is -0.680. The normalized spacial score (nSPS) is 10.3. The van der Waals surface area contributed by atoms with E-state index < -0.39 is 0 Å². The van der Waals surface area contributed by atoms with Gasteiger partial charge in [-0.3, -0.25) is 4.79 Å². The van der Waals surface area contributed by atoms with Gasteiger partial charge in [-0.2, -0.15) is 0 Å². The Morgan fingerprint density at radius 3 is 2.39 bits per heavy atom. The van der Waals surface area contributed by atoms with Gasteiger partial charge in [-0.1, -0.05) is 28.6 Å². The van der Waals surface area contributed by atoms with E-state index in [4.69, 9.17) is 4.74 Å². The zero-order chi connectivity index (χ0) is 13.9. The van der Waals surface area contributed by atoms with Gasteiger partial charge in [-0.15, -0.1) is 0 Å². The van der Waals surface area contributed by atoms with Gasteiger partial charge in [0.25, 0.3) is 5.24 Å². The number of thiol groups is 1. The lowest BCUT2D eigenvalue weighted by Crippen LogP contribution is -2.20. The van der Waals surface area contributed by atoms with Gasteiger partial charge in [0.05, 0.1) is 7.11 Å². The molecule has 1 amide bonds. The molecule has 0 radical (unpaired) electrons. The minimum atomic E-state index is -0.311. The first-order chi connectivity index (χ1) is 8.40. The van der Waals surface area contributed by atoms with Gasteiger partial charge < -0.3 is 10.1 Å². The average Bonchev–Trinajstić information content (AvgIpc) is 2.33. The van der Waals surface area contributed by atoms with Gasteiger partial charge in [0.2, 0.25) is 0 Å². The third-order valence-corrected chi connectivity index (χ3v) is 4.49. The third-order valence-electron chi connectivity index (χ3n) is 3.14. The van der Waals surface area contributed by atoms with Crippen LogP contribution in [0.5, 0.6) is 5.75 Å². The molecule has 100 valence electrons. The van der Waals surface area contributed by atoms with Crippen molar-refractivity contribution < 1.29 is 9.53 Å². The van der Waals surface area contributed by atoms with Crippen LogP contribution in [-0.2, 0) is 6.42 Å². The number of carbonyl (C=O) groups excluding carboxylic acids is 1. The van der Waals surface area contributed by atoms with Crippen molar-refractivity contribution in [2.75, 3.05) is 13.7 Å². The van der Waals surface area contributed by atoms with Crippen LogP contribution in [0.3, 0.4) is 0 Å². The first-order valence-corrected chi connectivity index (χ1v) is 6.93. The summed E-state index contributed by atoms with van der Waals surface area (Å²) >= 11 is 7.29. The number of hydrogen-bond acceptors (Lipinski definition) is 2. The summed E-state index contributed by atoms with van der Waals surface area (Å²) in [5.41, 5.74) is 4.59. The molecule has 0 saturated heterocycles. The smallest absolute Gasteiger partial charge is 0.275 e. The molecular formula is C13H18BrNO2S. The van der Waals surface area contributed by atoms with E-state index in [9.17, 15) is 4.79 Å². The Kier molecular flexibility index (Phi) is 5.53. The van der Waals surface area contributed by atoms with Crippen LogP contribution in [0.4, 0.5) is 4.79 Å². The quantitative estimate of drug-likeness (QED) is 0.828. The summed E-state index contributed by atoms with van der Waals surface area (Å²) < 4.78 is 6.60. The minimum absolute atomic E-state index is 0.311. The van der Waals surface area contributed by atoms with E-state index in [-0.39, 0.29) is 5.24 Å². The van der Waals surface area contributed by atoms with Crippen molar-refractivity contribution in [1.29, 1.82) is 0 Å². The number of ether oxygens (including phenoxy) is 1. The van der Waals surface area contributed by atoms with Gasteiger partial charge in [-0.05, 0) is 43.9 Å². The highest BCUT2D eigenvalue weighted by Crippen LogP contribution is 2.36. The van der Waals surface area contributed by atoms with E-state index >= 15 is 0 Å². The van der Waals surface area contributed by atoms with E-state index in [1.165, 1.54) is 5.56 Å². The summed E-state index contributed by atoms with van der Waals surface area (Å²) in [5, 5.41) is 2.37. The van der Waals surface area contributed by atoms with E-state index in [0.717, 1.165) is 33.3 Å². The topological polar surface area (TPSA) is 38.3 Å². The fourth-order valence-electron chi connectivity index (χ4n) is 2.02. The Labute approximate surface area is 122 Å². The van der Waals surface area contributed by atoms with Crippen molar-refractivity contribution in [3.05, 3.63) is 26.7 Å². The van der Waals surface area contributed by atoms with Gasteiger partial charge in [-0.25, -0.2) is 0 Å². The molecule has 0 spiro atoms. The first-order valence-electron chi connectivity index (χ1n) is 5.69. The summed E-state index contributed by atoms with van der Waals surface area (Å²) in [6, 6.07) is 0. The van der Waals surface area contributed by atoms with Crippen molar-refractivity contribution in [2.24, 2.45) is 0 Å². The van der Waals surface area contributed by atoms with Crippen molar-refractivity contribution in [3.63, 3.8) is 0 Å². The van der Waals surface area contributed by atoms with E-state index in [0.29, 0.717) is 6.54 Å². The summed E-state index contributed by atoms with van der Waals surface area (Å²) in [6.45, 7) is 6.71. The van der Waals surface area contributed by atoms with Crippen LogP contribution in [0.1, 0.15) is 22.3 Å². The van der Waals surface area contributed by atoms with Crippen LogP contribution in [-0.4, -0.2) is 18.9 Å². The number of rotatable bonds is 4. The lowest BCUT2D eigenvalue weighted by Gasteiger charge is -2.18. The molecule has 0 heterocycles. The number of amides is 1. The van der Waals surface area contributed by atoms with Crippen molar-refractivity contribution in [1.82, 2.24) is 5.32 Å². The molecule has 0 aliphatic carbocycles. The molecule has 1 aromatic carbocycles. The maximum atomic E-state index is 10.8. The van der Waals surface area contributed by atoms with Crippen molar-refractivity contribution in [3.8, 4) is 5.75 Å². The maximum absolute atomic E-state index is 10.8. The lowest BCUT2D eigenvalue weighted by molar-refractivity contribution is 0.261. The number of nitrogens with one attached hydrogen (secondary N) is 1. The van der Waals surface area contributed by atoms with Gasteiger partial charge in [0.15, 0.2) is 0 Å². The van der Waals surface area contributed by atoms with Gasteiger partial charge in [0, 0.05) is 16.6 Å². The summed E-state index contributed by atoms with van der Waals surface area (Å²) in [6.07, 6.45) is 0.723. The second-order valence-corrected chi connectivity index (χ2v) is 5.38. The second kappa shape index (κ2) is 6.48. The molecule has 1 rings (SSSR count). The van der Waals surface area contributed by atoms with Gasteiger partial charge in [0.1, 0.15) is 5.75 Å². The van der Waals surface area contributed by atoms with E-state index in [1.54, 1.807) is 7.11 Å². The van der Waals surface area contributed by atoms with Crippen molar-refractivity contribution in [2.45, 2.75) is 27.2 Å². The fourth-order valence-corrected chi connectivity index (χ4v) is 2.67. The van der Waals surface area contributed by atoms with Crippen LogP contribution in [0, 0.1) is 20.8 Å². The molecular weight excluding hydrogens is 314 g/mol. The van der Waals surface area contributed by atoms with Gasteiger partial charge >= 0.3 is 0 Å². The lowest BCUT2D eigenvalue weighted by atomic mass is 9.97. The standard InChI is InChI=1S/C13H18BrNO2S/c1-7-8(2)12(17-4)10(9(3)11(7)14)5-6-15-13(16)18/h5-6H2,1-4H3,(H2,15,16,18). The molecule has 0 saturated carbocycles. The molecule has 0 atom stereocenters. The molecule has 0 bridgehead atoms. The molecule has 1 N–H and O–H groups in total. The van der Waals surface area contributed by atoms with Crippen LogP contribution in [0.2, 0.25) is 0 Å². The minimum Gasteiger partial charge on any atom is -0.496 e. The molecule has 3 nitrogen and oxygen atoms in total. The monoisotopic (exact) mass is 331 g/mol. The predicted molar refractivity (Wildman–Crippen MR) is 81.0 cm³/mol. The average molecular weight is 332 g/mol. The zero-order valence-electron chi connectivity index (χ0n) is 11.1. The number of hydrogen-bond donors (Lipinski definition) is 2. The molecule has 5 heteroatoms. The summed E-state index contributed by atoms with van der Waals surface area (Å²) in [4.78, 5) is 10.8. The molecule has 0 aliphatic rings. The highest BCUT2D eigenvalue weighted by atomic mass is 79.9. The number of carbonyl (C=O) groups is 1. The summed E-state index contributed by atoms with van der Waals surface area (Å²) in [5.74, 6) is 0.904. The Morgan fingerprint density at radius 1 is 1.28 bits per heavy atom. The Bertz CT molecular complexity index is 475. The molecule has 0 fully saturated rings. The zero-order valence-corrected chi connectivity index (χ0v) is 13.5. The fraction of sp³-hybridized carbons (Fsp3) is 0.462. The number of benzene rings is 1. The van der Waals surface area contributed by atoms with E-state index in [2.05, 4.69) is 47.7 Å². The second-order valence-electron chi connectivity index (χ2n) is 4.18. The van der Waals surface area contributed by atoms with E-state index in [1.807, 2.05) is 6.92 Å². The SMILES string of the molecule is COc1c(C)c(C)c(Br)c(C)c1CCNC(=O)S. The first kappa shape index (κ1) is 15.4. The molecule has 0 aromatic heterocycles. The third kappa shape index (κ3) is 3.20. The predicted octanol–water partition coefficient (Wildman–Crippen LogP) is 3.56. The number of methoxy groups -OCH3 is 1. The highest BCUT2D eigenvalue weighted by Gasteiger charge is 2.16. The van der Waals surface area contributed by atoms with Crippen LogP contribution >= 0.6 is 28.6 Å². The van der Waals surface area contributed by atoms with Crippen LogP contribution in [0.15, 0.2) is 4.47 Å². The maximum Gasteiger partial charge on any atom is 0.275 e.